The molecule has 2 aliphatic rings. The fraction of sp³-hybridized carbons (Fsp3) is 0.435. The number of nitrogens with one attached hydrogen (secondary N) is 1. The van der Waals surface area contributed by atoms with Gasteiger partial charge in [-0.1, -0.05) is 32.0 Å². The van der Waals surface area contributed by atoms with Gasteiger partial charge in [-0.3, -0.25) is 4.79 Å². The van der Waals surface area contributed by atoms with Crippen LogP contribution in [0.2, 0.25) is 0 Å². The molecule has 7 nitrogen and oxygen atoms in total. The molecule has 1 aliphatic heterocycles. The van der Waals surface area contributed by atoms with Crippen molar-refractivity contribution in [3.05, 3.63) is 52.4 Å². The van der Waals surface area contributed by atoms with Gasteiger partial charge >= 0.3 is 11.9 Å². The Labute approximate surface area is 175 Å². The predicted molar refractivity (Wildman–Crippen MR) is 110 cm³/mol. The summed E-state index contributed by atoms with van der Waals surface area (Å²) < 4.78 is 10.8. The molecule has 0 unspecified atom stereocenters. The Morgan fingerprint density at radius 2 is 1.93 bits per heavy atom. The molecule has 7 heteroatoms. The van der Waals surface area contributed by atoms with Crippen molar-refractivity contribution in [2.24, 2.45) is 5.41 Å². The second kappa shape index (κ2) is 8.34. The van der Waals surface area contributed by atoms with E-state index < -0.39 is 24.5 Å². The van der Waals surface area contributed by atoms with Crippen LogP contribution in [0.1, 0.15) is 52.0 Å². The molecule has 0 saturated heterocycles. The van der Waals surface area contributed by atoms with Gasteiger partial charge in [-0.15, -0.1) is 0 Å². The van der Waals surface area contributed by atoms with Crippen molar-refractivity contribution in [3.63, 3.8) is 0 Å². The van der Waals surface area contributed by atoms with Crippen molar-refractivity contribution in [3.8, 4) is 5.75 Å². The third-order valence-electron chi connectivity index (χ3n) is 5.32. The topological polar surface area (TPSA) is 102 Å². The smallest absolute Gasteiger partial charge is 0.341 e. The standard InChI is InChI=1S/C23H27NO6/c1-5-29-22(28)19-13(2)24-15-10-23(3,4)11-16(25)21(15)20(19)14-8-6-7-9-17(14)30-12-18(26)27/h6-9,20,24H,5,10-12H2,1-4H3,(H,26,27)/t20-/m0/s1. The van der Waals surface area contributed by atoms with E-state index in [0.29, 0.717) is 41.0 Å². The number of para-hydroxylation sites is 1. The summed E-state index contributed by atoms with van der Waals surface area (Å²) in [6.07, 6.45) is 1.02. The molecule has 1 aromatic carbocycles. The van der Waals surface area contributed by atoms with Crippen LogP contribution in [0.25, 0.3) is 0 Å². The van der Waals surface area contributed by atoms with Crippen molar-refractivity contribution < 1.29 is 29.0 Å². The number of dihydropyridines is 1. The first-order valence-electron chi connectivity index (χ1n) is 9.99. The van der Waals surface area contributed by atoms with Crippen LogP contribution in [0.5, 0.6) is 5.75 Å². The highest BCUT2D eigenvalue weighted by atomic mass is 16.5. The van der Waals surface area contributed by atoms with E-state index in [1.165, 1.54) is 0 Å². The van der Waals surface area contributed by atoms with Crippen LogP contribution in [0.4, 0.5) is 0 Å². The molecule has 0 aromatic heterocycles. The number of esters is 1. The number of carboxylic acid groups (broad SMARTS) is 1. The van der Waals surface area contributed by atoms with E-state index in [1.807, 2.05) is 13.8 Å². The highest BCUT2D eigenvalue weighted by Gasteiger charge is 2.43. The first-order chi connectivity index (χ1) is 14.1. The van der Waals surface area contributed by atoms with Crippen molar-refractivity contribution in [2.45, 2.75) is 46.5 Å². The molecule has 0 amide bonds. The number of carbonyl (C=O) groups excluding carboxylic acids is 2. The minimum Gasteiger partial charge on any atom is -0.482 e. The van der Waals surface area contributed by atoms with Crippen LogP contribution < -0.4 is 10.1 Å². The number of carboxylic acids is 1. The molecular weight excluding hydrogens is 386 g/mol. The number of allylic oxidation sites excluding steroid dienone is 3. The third-order valence-corrected chi connectivity index (χ3v) is 5.32. The number of aliphatic carboxylic acids is 1. The molecule has 30 heavy (non-hydrogen) atoms. The lowest BCUT2D eigenvalue weighted by Gasteiger charge is -2.39. The van der Waals surface area contributed by atoms with Gasteiger partial charge in [-0.05, 0) is 31.7 Å². The van der Waals surface area contributed by atoms with E-state index in [9.17, 15) is 14.4 Å². The molecule has 0 fully saturated rings. The van der Waals surface area contributed by atoms with Crippen LogP contribution in [-0.2, 0) is 19.1 Å². The maximum atomic E-state index is 13.2. The highest BCUT2D eigenvalue weighted by molar-refractivity contribution is 6.04. The summed E-state index contributed by atoms with van der Waals surface area (Å²) in [6.45, 7) is 7.26. The fourth-order valence-corrected chi connectivity index (χ4v) is 4.22. The van der Waals surface area contributed by atoms with Crippen molar-refractivity contribution >= 4 is 17.7 Å². The van der Waals surface area contributed by atoms with Gasteiger partial charge in [0.15, 0.2) is 12.4 Å². The molecule has 1 aromatic rings. The summed E-state index contributed by atoms with van der Waals surface area (Å²) in [5.74, 6) is -2.02. The summed E-state index contributed by atoms with van der Waals surface area (Å²) in [5, 5.41) is 12.3. The number of rotatable bonds is 6. The minimum atomic E-state index is -1.11. The number of Topliss-reactive ketones (excluding diaryl/α,β-unsaturated/α-hetero) is 1. The summed E-state index contributed by atoms with van der Waals surface area (Å²) >= 11 is 0. The Bertz CT molecular complexity index is 956. The van der Waals surface area contributed by atoms with E-state index >= 15 is 0 Å². The van der Waals surface area contributed by atoms with Gasteiger partial charge in [-0.25, -0.2) is 9.59 Å². The Kier molecular flexibility index (Phi) is 6.01. The summed E-state index contributed by atoms with van der Waals surface area (Å²) in [6, 6.07) is 6.91. The lowest BCUT2D eigenvalue weighted by molar-refractivity contribution is -0.140. The Hall–Kier alpha value is -3.09. The quantitative estimate of drug-likeness (QED) is 0.690. The third kappa shape index (κ3) is 4.25. The van der Waals surface area contributed by atoms with Crippen LogP contribution in [0.3, 0.4) is 0 Å². The molecule has 1 atom stereocenters. The van der Waals surface area contributed by atoms with E-state index in [1.54, 1.807) is 38.1 Å². The first-order valence-corrected chi connectivity index (χ1v) is 9.99. The van der Waals surface area contributed by atoms with Crippen molar-refractivity contribution in [1.29, 1.82) is 0 Å². The number of carbonyl (C=O) groups is 3. The monoisotopic (exact) mass is 413 g/mol. The lowest BCUT2D eigenvalue weighted by Crippen LogP contribution is -2.38. The number of hydrogen-bond acceptors (Lipinski definition) is 6. The minimum absolute atomic E-state index is 0.0407. The number of ether oxygens (including phenoxy) is 2. The van der Waals surface area contributed by atoms with Crippen LogP contribution in [0, 0.1) is 5.41 Å². The van der Waals surface area contributed by atoms with Gasteiger partial charge in [0, 0.05) is 29.0 Å². The zero-order valence-corrected chi connectivity index (χ0v) is 17.7. The van der Waals surface area contributed by atoms with Gasteiger partial charge in [0.2, 0.25) is 0 Å². The second-order valence-corrected chi connectivity index (χ2v) is 8.37. The zero-order valence-electron chi connectivity index (χ0n) is 17.7. The zero-order chi connectivity index (χ0) is 22.1. The van der Waals surface area contributed by atoms with Gasteiger partial charge in [0.05, 0.1) is 18.1 Å². The summed E-state index contributed by atoms with van der Waals surface area (Å²) in [4.78, 5) is 37.2. The van der Waals surface area contributed by atoms with Gasteiger partial charge in [0.25, 0.3) is 0 Å². The molecule has 0 spiro atoms. The molecule has 160 valence electrons. The van der Waals surface area contributed by atoms with Gasteiger partial charge < -0.3 is 19.9 Å². The number of ketones is 1. The molecule has 3 rings (SSSR count). The molecule has 0 bridgehead atoms. The summed E-state index contributed by atoms with van der Waals surface area (Å²) in [7, 11) is 0. The number of benzene rings is 1. The fourth-order valence-electron chi connectivity index (χ4n) is 4.22. The van der Waals surface area contributed by atoms with Gasteiger partial charge in [0.1, 0.15) is 5.75 Å². The maximum Gasteiger partial charge on any atom is 0.341 e. The molecular formula is C23H27NO6. The number of hydrogen-bond donors (Lipinski definition) is 2. The van der Waals surface area contributed by atoms with E-state index in [0.717, 1.165) is 5.70 Å². The Morgan fingerprint density at radius 3 is 2.60 bits per heavy atom. The van der Waals surface area contributed by atoms with Crippen molar-refractivity contribution in [1.82, 2.24) is 5.32 Å². The van der Waals surface area contributed by atoms with Crippen molar-refractivity contribution in [2.75, 3.05) is 13.2 Å². The molecule has 0 radical (unpaired) electrons. The largest absolute Gasteiger partial charge is 0.482 e. The van der Waals surface area contributed by atoms with E-state index in [2.05, 4.69) is 5.32 Å². The first kappa shape index (κ1) is 21.6. The average Bonchev–Trinajstić information content (AvgIpc) is 2.64. The second-order valence-electron chi connectivity index (χ2n) is 8.37. The van der Waals surface area contributed by atoms with E-state index in [4.69, 9.17) is 14.6 Å². The maximum absolute atomic E-state index is 13.2. The molecule has 1 aliphatic carbocycles. The normalized spacial score (nSPS) is 20.4. The Morgan fingerprint density at radius 1 is 1.23 bits per heavy atom. The highest BCUT2D eigenvalue weighted by Crippen LogP contribution is 2.48. The molecule has 0 saturated carbocycles. The Balaban J connectivity index is 2.18. The van der Waals surface area contributed by atoms with E-state index in [-0.39, 0.29) is 17.8 Å². The summed E-state index contributed by atoms with van der Waals surface area (Å²) in [5.41, 5.74) is 2.65. The SMILES string of the molecule is CCOC(=O)C1=C(C)NC2=C(C(=O)CC(C)(C)C2)[C@H]1c1ccccc1OCC(=O)O. The molecule has 2 N–H and O–H groups in total. The molecule has 1 heterocycles. The van der Waals surface area contributed by atoms with Crippen LogP contribution >= 0.6 is 0 Å². The van der Waals surface area contributed by atoms with Crippen LogP contribution in [-0.4, -0.2) is 36.0 Å². The average molecular weight is 413 g/mol. The van der Waals surface area contributed by atoms with Crippen LogP contribution in [0.15, 0.2) is 46.8 Å². The predicted octanol–water partition coefficient (Wildman–Crippen LogP) is 3.32. The lowest BCUT2D eigenvalue weighted by atomic mass is 9.68. The van der Waals surface area contributed by atoms with Gasteiger partial charge in [-0.2, -0.15) is 0 Å².